The molecule has 1 aliphatic heterocycles. The SMILES string of the molecule is CN=C(NCc1ccc(OC)cc1C(F)(F)F)NCC(C(C)C)N1CCOCC1.I. The van der Waals surface area contributed by atoms with Crippen molar-refractivity contribution < 1.29 is 22.6 Å². The summed E-state index contributed by atoms with van der Waals surface area (Å²) in [6.45, 7) is 8.14. The lowest BCUT2D eigenvalue weighted by atomic mass is 10.0. The van der Waals surface area contributed by atoms with Gasteiger partial charge in [-0.1, -0.05) is 19.9 Å². The molecule has 0 spiro atoms. The molecule has 30 heavy (non-hydrogen) atoms. The standard InChI is InChI=1S/C20H31F3N4O2.HI/c1-14(2)18(27-7-9-29-10-8-27)13-26-19(24-3)25-12-15-5-6-16(28-4)11-17(15)20(21,22)23;/h5-6,11,14,18H,7-10,12-13H2,1-4H3,(H2,24,25,26);1H. The predicted octanol–water partition coefficient (Wildman–Crippen LogP) is 3.35. The smallest absolute Gasteiger partial charge is 0.416 e. The van der Waals surface area contributed by atoms with Gasteiger partial charge in [0.05, 0.1) is 25.9 Å². The van der Waals surface area contributed by atoms with Gasteiger partial charge >= 0.3 is 6.18 Å². The van der Waals surface area contributed by atoms with Crippen LogP contribution >= 0.6 is 24.0 Å². The Morgan fingerprint density at radius 3 is 2.43 bits per heavy atom. The van der Waals surface area contributed by atoms with E-state index in [-0.39, 0.29) is 47.9 Å². The van der Waals surface area contributed by atoms with E-state index in [9.17, 15) is 13.2 Å². The third-order valence-corrected chi connectivity index (χ3v) is 5.06. The van der Waals surface area contributed by atoms with Crippen LogP contribution in [-0.4, -0.2) is 63.9 Å². The second-order valence-electron chi connectivity index (χ2n) is 7.29. The highest BCUT2D eigenvalue weighted by molar-refractivity contribution is 14.0. The molecule has 172 valence electrons. The van der Waals surface area contributed by atoms with Gasteiger partial charge in [-0.2, -0.15) is 13.2 Å². The highest BCUT2D eigenvalue weighted by atomic mass is 127. The fourth-order valence-corrected chi connectivity index (χ4v) is 3.40. The molecule has 2 N–H and O–H groups in total. The number of guanidine groups is 1. The largest absolute Gasteiger partial charge is 0.497 e. The van der Waals surface area contributed by atoms with E-state index in [1.807, 2.05) is 0 Å². The Labute approximate surface area is 193 Å². The van der Waals surface area contributed by atoms with Crippen molar-refractivity contribution >= 4 is 29.9 Å². The average molecular weight is 544 g/mol. The van der Waals surface area contributed by atoms with Gasteiger partial charge in [0.25, 0.3) is 0 Å². The normalized spacial score (nSPS) is 16.7. The molecule has 1 unspecified atom stereocenters. The van der Waals surface area contributed by atoms with Crippen molar-refractivity contribution in [3.05, 3.63) is 29.3 Å². The molecule has 6 nitrogen and oxygen atoms in total. The maximum atomic E-state index is 13.4. The van der Waals surface area contributed by atoms with E-state index >= 15 is 0 Å². The number of nitrogens with one attached hydrogen (secondary N) is 2. The zero-order chi connectivity index (χ0) is 21.4. The minimum atomic E-state index is -4.46. The average Bonchev–Trinajstić information content (AvgIpc) is 2.70. The van der Waals surface area contributed by atoms with Crippen LogP contribution in [0.3, 0.4) is 0 Å². The van der Waals surface area contributed by atoms with Gasteiger partial charge in [-0.3, -0.25) is 9.89 Å². The van der Waals surface area contributed by atoms with E-state index in [4.69, 9.17) is 9.47 Å². The van der Waals surface area contributed by atoms with Gasteiger partial charge in [-0.25, -0.2) is 0 Å². The highest BCUT2D eigenvalue weighted by Crippen LogP contribution is 2.34. The zero-order valence-electron chi connectivity index (χ0n) is 17.9. The van der Waals surface area contributed by atoms with Crippen molar-refractivity contribution in [2.45, 2.75) is 32.6 Å². The summed E-state index contributed by atoms with van der Waals surface area (Å²) in [6, 6.07) is 4.24. The van der Waals surface area contributed by atoms with E-state index in [0.29, 0.717) is 31.6 Å². The van der Waals surface area contributed by atoms with Crippen LogP contribution in [0.25, 0.3) is 0 Å². The number of hydrogen-bond donors (Lipinski definition) is 2. The fourth-order valence-electron chi connectivity index (χ4n) is 3.40. The topological polar surface area (TPSA) is 58.1 Å². The lowest BCUT2D eigenvalue weighted by Crippen LogP contribution is -2.52. The third kappa shape index (κ3) is 7.77. The van der Waals surface area contributed by atoms with E-state index in [0.717, 1.165) is 19.2 Å². The molecule has 0 aromatic heterocycles. The highest BCUT2D eigenvalue weighted by Gasteiger charge is 2.33. The van der Waals surface area contributed by atoms with E-state index in [1.165, 1.54) is 19.2 Å². The molecule has 1 heterocycles. The number of methoxy groups -OCH3 is 1. The quantitative estimate of drug-likeness (QED) is 0.314. The molecular formula is C20H32F3IN4O2. The first kappa shape index (κ1) is 26.8. The van der Waals surface area contributed by atoms with Crippen LogP contribution in [-0.2, 0) is 17.5 Å². The third-order valence-electron chi connectivity index (χ3n) is 5.06. The summed E-state index contributed by atoms with van der Waals surface area (Å²) in [5, 5.41) is 6.24. The number of benzene rings is 1. The number of hydrogen-bond acceptors (Lipinski definition) is 4. The molecule has 0 radical (unpaired) electrons. The lowest BCUT2D eigenvalue weighted by Gasteiger charge is -2.37. The molecule has 0 saturated carbocycles. The summed E-state index contributed by atoms with van der Waals surface area (Å²) in [7, 11) is 2.95. The van der Waals surface area contributed by atoms with Gasteiger partial charge in [-0.15, -0.1) is 24.0 Å². The summed E-state index contributed by atoms with van der Waals surface area (Å²) in [5.74, 6) is 1.05. The monoisotopic (exact) mass is 544 g/mol. The summed E-state index contributed by atoms with van der Waals surface area (Å²) in [6.07, 6.45) is -4.46. The van der Waals surface area contributed by atoms with Gasteiger partial charge in [-0.05, 0) is 23.6 Å². The van der Waals surface area contributed by atoms with Crippen molar-refractivity contribution in [1.82, 2.24) is 15.5 Å². The number of ether oxygens (including phenoxy) is 2. The van der Waals surface area contributed by atoms with Crippen LogP contribution in [0.2, 0.25) is 0 Å². The molecule has 1 aliphatic rings. The molecule has 0 amide bonds. The molecule has 1 aromatic rings. The number of aliphatic imine (C=N–C) groups is 1. The molecule has 1 fully saturated rings. The van der Waals surface area contributed by atoms with Crippen molar-refractivity contribution in [3.63, 3.8) is 0 Å². The first-order chi connectivity index (χ1) is 13.8. The van der Waals surface area contributed by atoms with Crippen LogP contribution in [0.1, 0.15) is 25.0 Å². The van der Waals surface area contributed by atoms with E-state index < -0.39 is 11.7 Å². The van der Waals surface area contributed by atoms with Gasteiger partial charge < -0.3 is 20.1 Å². The van der Waals surface area contributed by atoms with Crippen LogP contribution in [0.15, 0.2) is 23.2 Å². The minimum Gasteiger partial charge on any atom is -0.497 e. The van der Waals surface area contributed by atoms with Crippen LogP contribution in [0.4, 0.5) is 13.2 Å². The first-order valence-electron chi connectivity index (χ1n) is 9.76. The molecular weight excluding hydrogens is 512 g/mol. The summed E-state index contributed by atoms with van der Waals surface area (Å²) in [5.41, 5.74) is -0.581. The molecule has 10 heteroatoms. The van der Waals surface area contributed by atoms with Gasteiger partial charge in [0.1, 0.15) is 5.75 Å². The Morgan fingerprint density at radius 2 is 1.90 bits per heavy atom. The number of morpholine rings is 1. The number of nitrogens with zero attached hydrogens (tertiary/aromatic N) is 2. The Kier molecular flexibility index (Phi) is 11.2. The van der Waals surface area contributed by atoms with E-state index in [2.05, 4.69) is 34.4 Å². The van der Waals surface area contributed by atoms with Crippen molar-refractivity contribution in [3.8, 4) is 5.75 Å². The van der Waals surface area contributed by atoms with Crippen LogP contribution < -0.4 is 15.4 Å². The predicted molar refractivity (Wildman–Crippen MR) is 123 cm³/mol. The van der Waals surface area contributed by atoms with Crippen LogP contribution in [0.5, 0.6) is 5.75 Å². The molecule has 0 aliphatic carbocycles. The minimum absolute atomic E-state index is 0. The van der Waals surface area contributed by atoms with Gasteiger partial charge in [0, 0.05) is 39.3 Å². The number of rotatable bonds is 7. The Morgan fingerprint density at radius 1 is 1.23 bits per heavy atom. The Balaban J connectivity index is 0.00000450. The second-order valence-corrected chi connectivity index (χ2v) is 7.29. The number of halogens is 4. The second kappa shape index (κ2) is 12.6. The summed E-state index contributed by atoms with van der Waals surface area (Å²) in [4.78, 5) is 6.53. The van der Waals surface area contributed by atoms with Crippen LogP contribution in [0, 0.1) is 5.92 Å². The number of alkyl halides is 3. The van der Waals surface area contributed by atoms with Crippen molar-refractivity contribution in [2.24, 2.45) is 10.9 Å². The Hall–Kier alpha value is -1.27. The molecule has 1 atom stereocenters. The summed E-state index contributed by atoms with van der Waals surface area (Å²) < 4.78 is 50.5. The summed E-state index contributed by atoms with van der Waals surface area (Å²) >= 11 is 0. The zero-order valence-corrected chi connectivity index (χ0v) is 20.2. The van der Waals surface area contributed by atoms with Gasteiger partial charge in [0.2, 0.25) is 0 Å². The van der Waals surface area contributed by atoms with Gasteiger partial charge in [0.15, 0.2) is 5.96 Å². The molecule has 1 saturated heterocycles. The molecule has 2 rings (SSSR count). The first-order valence-corrected chi connectivity index (χ1v) is 9.76. The van der Waals surface area contributed by atoms with Crippen molar-refractivity contribution in [1.29, 1.82) is 0 Å². The molecule has 0 bridgehead atoms. The maximum Gasteiger partial charge on any atom is 0.416 e. The lowest BCUT2D eigenvalue weighted by molar-refractivity contribution is -0.138. The fraction of sp³-hybridized carbons (Fsp3) is 0.650. The maximum absolute atomic E-state index is 13.4. The Bertz CT molecular complexity index is 681. The molecule has 1 aromatic carbocycles. The van der Waals surface area contributed by atoms with E-state index in [1.54, 1.807) is 7.05 Å². The van der Waals surface area contributed by atoms with Crippen molar-refractivity contribution in [2.75, 3.05) is 47.0 Å².